The highest BCUT2D eigenvalue weighted by atomic mass is 16.2. The van der Waals surface area contributed by atoms with Crippen LogP contribution < -0.4 is 10.6 Å². The van der Waals surface area contributed by atoms with E-state index in [2.05, 4.69) is 22.5 Å². The standard InChI is InChI=1S/C14H27N3O/c1-2-8-15-10-13-5-3-4-9-17(13)11-14(18)16-12-6-7-12/h12-13,15H,2-11H2,1H3,(H,16,18). The lowest BCUT2D eigenvalue weighted by Gasteiger charge is -2.35. The van der Waals surface area contributed by atoms with Crippen molar-refractivity contribution < 1.29 is 4.79 Å². The molecule has 1 aliphatic carbocycles. The van der Waals surface area contributed by atoms with Crippen LogP contribution in [0.5, 0.6) is 0 Å². The van der Waals surface area contributed by atoms with E-state index in [1.807, 2.05) is 0 Å². The van der Waals surface area contributed by atoms with Gasteiger partial charge in [-0.1, -0.05) is 13.3 Å². The molecule has 0 radical (unpaired) electrons. The molecule has 1 saturated heterocycles. The number of piperidine rings is 1. The lowest BCUT2D eigenvalue weighted by Crippen LogP contribution is -2.49. The molecule has 1 saturated carbocycles. The summed E-state index contributed by atoms with van der Waals surface area (Å²) >= 11 is 0. The van der Waals surface area contributed by atoms with Crippen molar-refractivity contribution in [3.8, 4) is 0 Å². The first-order valence-corrected chi connectivity index (χ1v) is 7.53. The predicted molar refractivity (Wildman–Crippen MR) is 73.5 cm³/mol. The third-order valence-corrected chi connectivity index (χ3v) is 3.84. The fourth-order valence-electron chi connectivity index (χ4n) is 2.63. The summed E-state index contributed by atoms with van der Waals surface area (Å²) in [7, 11) is 0. The van der Waals surface area contributed by atoms with Gasteiger partial charge in [-0.15, -0.1) is 0 Å². The molecule has 0 aromatic carbocycles. The SMILES string of the molecule is CCCNCC1CCCCN1CC(=O)NC1CC1. The summed E-state index contributed by atoms with van der Waals surface area (Å²) in [6.07, 6.45) is 7.29. The van der Waals surface area contributed by atoms with Crippen molar-refractivity contribution >= 4 is 5.91 Å². The Morgan fingerprint density at radius 1 is 1.28 bits per heavy atom. The summed E-state index contributed by atoms with van der Waals surface area (Å²) in [4.78, 5) is 14.2. The number of rotatable bonds is 7. The monoisotopic (exact) mass is 253 g/mol. The molecule has 0 aromatic heterocycles. The Labute approximate surface area is 110 Å². The van der Waals surface area contributed by atoms with Gasteiger partial charge in [0.1, 0.15) is 0 Å². The zero-order valence-electron chi connectivity index (χ0n) is 11.6. The second-order valence-corrected chi connectivity index (χ2v) is 5.67. The normalized spacial score (nSPS) is 25.1. The molecule has 2 fully saturated rings. The van der Waals surface area contributed by atoms with E-state index < -0.39 is 0 Å². The molecule has 4 heteroatoms. The largest absolute Gasteiger partial charge is 0.352 e. The smallest absolute Gasteiger partial charge is 0.234 e. The van der Waals surface area contributed by atoms with Gasteiger partial charge in [0.2, 0.25) is 5.91 Å². The molecule has 0 aromatic rings. The molecule has 1 amide bonds. The molecule has 2 aliphatic rings. The van der Waals surface area contributed by atoms with E-state index in [0.717, 1.165) is 19.6 Å². The molecule has 2 rings (SSSR count). The maximum Gasteiger partial charge on any atom is 0.234 e. The van der Waals surface area contributed by atoms with Crippen LogP contribution >= 0.6 is 0 Å². The summed E-state index contributed by atoms with van der Waals surface area (Å²) in [5, 5.41) is 6.58. The summed E-state index contributed by atoms with van der Waals surface area (Å²) in [5.74, 6) is 0.222. The summed E-state index contributed by atoms with van der Waals surface area (Å²) < 4.78 is 0. The number of nitrogens with one attached hydrogen (secondary N) is 2. The van der Waals surface area contributed by atoms with Gasteiger partial charge in [0, 0.05) is 18.6 Å². The van der Waals surface area contributed by atoms with Crippen molar-refractivity contribution in [3.63, 3.8) is 0 Å². The van der Waals surface area contributed by atoms with Crippen LogP contribution in [0, 0.1) is 0 Å². The van der Waals surface area contributed by atoms with Gasteiger partial charge in [0.05, 0.1) is 6.54 Å². The Morgan fingerprint density at radius 3 is 2.83 bits per heavy atom. The fraction of sp³-hybridized carbons (Fsp3) is 0.929. The Morgan fingerprint density at radius 2 is 2.11 bits per heavy atom. The number of carbonyl (C=O) groups excluding carboxylic acids is 1. The Hall–Kier alpha value is -0.610. The van der Waals surface area contributed by atoms with Gasteiger partial charge in [0.15, 0.2) is 0 Å². The van der Waals surface area contributed by atoms with Gasteiger partial charge in [-0.3, -0.25) is 9.69 Å². The van der Waals surface area contributed by atoms with E-state index >= 15 is 0 Å². The van der Waals surface area contributed by atoms with Gasteiger partial charge in [-0.05, 0) is 45.2 Å². The topological polar surface area (TPSA) is 44.4 Å². The van der Waals surface area contributed by atoms with Crippen molar-refractivity contribution in [2.24, 2.45) is 0 Å². The summed E-state index contributed by atoms with van der Waals surface area (Å²) in [5.41, 5.74) is 0. The van der Waals surface area contributed by atoms with Crippen LogP contribution in [0.25, 0.3) is 0 Å². The molecular weight excluding hydrogens is 226 g/mol. The van der Waals surface area contributed by atoms with Gasteiger partial charge in [-0.2, -0.15) is 0 Å². The molecule has 104 valence electrons. The molecule has 0 bridgehead atoms. The highest BCUT2D eigenvalue weighted by Crippen LogP contribution is 2.19. The maximum atomic E-state index is 11.9. The zero-order valence-corrected chi connectivity index (χ0v) is 11.6. The van der Waals surface area contributed by atoms with Crippen LogP contribution in [-0.4, -0.2) is 49.1 Å². The van der Waals surface area contributed by atoms with Gasteiger partial charge in [-0.25, -0.2) is 0 Å². The lowest BCUT2D eigenvalue weighted by atomic mass is 10.0. The third kappa shape index (κ3) is 4.58. The van der Waals surface area contributed by atoms with Gasteiger partial charge >= 0.3 is 0 Å². The van der Waals surface area contributed by atoms with Gasteiger partial charge < -0.3 is 10.6 Å². The summed E-state index contributed by atoms with van der Waals surface area (Å²) in [6.45, 7) is 5.98. The van der Waals surface area contributed by atoms with E-state index in [9.17, 15) is 4.79 Å². The molecule has 1 unspecified atom stereocenters. The summed E-state index contributed by atoms with van der Waals surface area (Å²) in [6, 6.07) is 1.04. The second kappa shape index (κ2) is 7.10. The predicted octanol–water partition coefficient (Wildman–Crippen LogP) is 1.12. The quantitative estimate of drug-likeness (QED) is 0.668. The molecule has 1 heterocycles. The van der Waals surface area contributed by atoms with E-state index in [0.29, 0.717) is 18.6 Å². The minimum atomic E-state index is 0.222. The minimum Gasteiger partial charge on any atom is -0.352 e. The first kappa shape index (κ1) is 13.8. The minimum absolute atomic E-state index is 0.222. The molecular formula is C14H27N3O. The average molecular weight is 253 g/mol. The maximum absolute atomic E-state index is 11.9. The van der Waals surface area contributed by atoms with E-state index in [1.165, 1.54) is 38.5 Å². The number of hydrogen-bond donors (Lipinski definition) is 2. The van der Waals surface area contributed by atoms with Crippen molar-refractivity contribution in [3.05, 3.63) is 0 Å². The fourth-order valence-corrected chi connectivity index (χ4v) is 2.63. The van der Waals surface area contributed by atoms with Gasteiger partial charge in [0.25, 0.3) is 0 Å². The zero-order chi connectivity index (χ0) is 12.8. The van der Waals surface area contributed by atoms with Crippen molar-refractivity contribution in [1.82, 2.24) is 15.5 Å². The molecule has 1 atom stereocenters. The molecule has 4 nitrogen and oxygen atoms in total. The van der Waals surface area contributed by atoms with E-state index in [4.69, 9.17) is 0 Å². The lowest BCUT2D eigenvalue weighted by molar-refractivity contribution is -0.123. The van der Waals surface area contributed by atoms with Crippen LogP contribution in [0.3, 0.4) is 0 Å². The number of nitrogens with zero attached hydrogens (tertiary/aromatic N) is 1. The number of likely N-dealkylation sites (tertiary alicyclic amines) is 1. The number of carbonyl (C=O) groups is 1. The van der Waals surface area contributed by atoms with Crippen LogP contribution in [-0.2, 0) is 4.79 Å². The van der Waals surface area contributed by atoms with Crippen molar-refractivity contribution in [2.45, 2.75) is 57.5 Å². The molecule has 2 N–H and O–H groups in total. The number of hydrogen-bond acceptors (Lipinski definition) is 3. The number of amides is 1. The van der Waals surface area contributed by atoms with Crippen molar-refractivity contribution in [1.29, 1.82) is 0 Å². The van der Waals surface area contributed by atoms with Crippen LogP contribution in [0.15, 0.2) is 0 Å². The van der Waals surface area contributed by atoms with Crippen LogP contribution in [0.4, 0.5) is 0 Å². The average Bonchev–Trinajstić information content (AvgIpc) is 3.15. The second-order valence-electron chi connectivity index (χ2n) is 5.67. The highest BCUT2D eigenvalue weighted by Gasteiger charge is 2.27. The molecule has 1 aliphatic heterocycles. The molecule has 0 spiro atoms. The van der Waals surface area contributed by atoms with Crippen LogP contribution in [0.2, 0.25) is 0 Å². The highest BCUT2D eigenvalue weighted by molar-refractivity contribution is 5.78. The van der Waals surface area contributed by atoms with E-state index in [1.54, 1.807) is 0 Å². The third-order valence-electron chi connectivity index (χ3n) is 3.84. The Balaban J connectivity index is 1.73. The molecule has 18 heavy (non-hydrogen) atoms. The Bertz CT molecular complexity index is 266. The van der Waals surface area contributed by atoms with Crippen molar-refractivity contribution in [2.75, 3.05) is 26.2 Å². The Kier molecular flexibility index (Phi) is 5.45. The first-order valence-electron chi connectivity index (χ1n) is 7.53. The van der Waals surface area contributed by atoms with E-state index in [-0.39, 0.29) is 5.91 Å². The first-order chi connectivity index (χ1) is 8.79. The van der Waals surface area contributed by atoms with Crippen LogP contribution in [0.1, 0.15) is 45.4 Å².